The van der Waals surface area contributed by atoms with Crippen molar-refractivity contribution in [1.82, 2.24) is 4.57 Å². The second-order valence-corrected chi connectivity index (χ2v) is 4.68. The number of aromatic nitrogens is 1. The fourth-order valence-electron chi connectivity index (χ4n) is 2.12. The second kappa shape index (κ2) is 4.46. The zero-order valence-corrected chi connectivity index (χ0v) is 11.3. The fourth-order valence-corrected chi connectivity index (χ4v) is 2.12. The van der Waals surface area contributed by atoms with Crippen LogP contribution in [0.2, 0.25) is 0 Å². The summed E-state index contributed by atoms with van der Waals surface area (Å²) in [6, 6.07) is 7.84. The van der Waals surface area contributed by atoms with E-state index in [9.17, 15) is 0 Å². The van der Waals surface area contributed by atoms with Crippen molar-refractivity contribution in [3.05, 3.63) is 41.2 Å². The van der Waals surface area contributed by atoms with Crippen LogP contribution in [0, 0.1) is 13.8 Å². The highest BCUT2D eigenvalue weighted by Crippen LogP contribution is 2.35. The van der Waals surface area contributed by atoms with Crippen molar-refractivity contribution in [3.63, 3.8) is 0 Å². The van der Waals surface area contributed by atoms with E-state index in [1.54, 1.807) is 0 Å². The molecular formula is C15H16N2O2. The minimum atomic E-state index is 0.291. The number of hydrogen-bond donors (Lipinski definition) is 0. The first-order valence-electron chi connectivity index (χ1n) is 6.22. The average Bonchev–Trinajstić information content (AvgIpc) is 2.96. The zero-order valence-electron chi connectivity index (χ0n) is 11.3. The van der Waals surface area contributed by atoms with Gasteiger partial charge in [0.1, 0.15) is 0 Å². The lowest BCUT2D eigenvalue weighted by Gasteiger charge is -1.99. The van der Waals surface area contributed by atoms with Gasteiger partial charge in [0.25, 0.3) is 0 Å². The van der Waals surface area contributed by atoms with Gasteiger partial charge in [-0.2, -0.15) is 0 Å². The van der Waals surface area contributed by atoms with Gasteiger partial charge in [0.15, 0.2) is 11.5 Å². The molecule has 0 fully saturated rings. The molecule has 0 bridgehead atoms. The van der Waals surface area contributed by atoms with Gasteiger partial charge in [0.2, 0.25) is 6.79 Å². The Morgan fingerprint density at radius 1 is 1.16 bits per heavy atom. The lowest BCUT2D eigenvalue weighted by molar-refractivity contribution is 0.174. The molecule has 0 amide bonds. The number of aliphatic imine (C=N–C) groups is 1. The van der Waals surface area contributed by atoms with Gasteiger partial charge in [0, 0.05) is 36.3 Å². The van der Waals surface area contributed by atoms with Gasteiger partial charge in [-0.15, -0.1) is 0 Å². The summed E-state index contributed by atoms with van der Waals surface area (Å²) in [7, 11) is 2.06. The van der Waals surface area contributed by atoms with E-state index in [1.807, 2.05) is 24.4 Å². The molecule has 3 rings (SSSR count). The SMILES string of the molecule is Cc1cc(C=Nc2ccc3c(c2)OCO3)c(C)n1C. The third-order valence-electron chi connectivity index (χ3n) is 3.52. The van der Waals surface area contributed by atoms with Crippen LogP contribution in [0.5, 0.6) is 11.5 Å². The van der Waals surface area contributed by atoms with Gasteiger partial charge in [-0.05, 0) is 32.0 Å². The highest BCUT2D eigenvalue weighted by atomic mass is 16.7. The molecule has 4 nitrogen and oxygen atoms in total. The van der Waals surface area contributed by atoms with E-state index in [1.165, 1.54) is 11.4 Å². The van der Waals surface area contributed by atoms with Crippen LogP contribution in [0.1, 0.15) is 17.0 Å². The molecule has 4 heteroatoms. The molecule has 0 radical (unpaired) electrons. The first-order chi connectivity index (χ1) is 9.15. The molecule has 0 N–H and O–H groups in total. The van der Waals surface area contributed by atoms with Crippen molar-refractivity contribution in [3.8, 4) is 11.5 Å². The number of ether oxygens (including phenoxy) is 2. The van der Waals surface area contributed by atoms with E-state index in [0.29, 0.717) is 6.79 Å². The normalized spacial score (nSPS) is 13.4. The van der Waals surface area contributed by atoms with Crippen molar-refractivity contribution in [2.45, 2.75) is 13.8 Å². The molecule has 1 aromatic heterocycles. The van der Waals surface area contributed by atoms with Crippen molar-refractivity contribution in [2.24, 2.45) is 12.0 Å². The summed E-state index contributed by atoms with van der Waals surface area (Å²) in [5, 5.41) is 0. The minimum absolute atomic E-state index is 0.291. The average molecular weight is 256 g/mol. The van der Waals surface area contributed by atoms with Crippen LogP contribution >= 0.6 is 0 Å². The minimum Gasteiger partial charge on any atom is -0.454 e. The van der Waals surface area contributed by atoms with Gasteiger partial charge in [0.05, 0.1) is 5.69 Å². The second-order valence-electron chi connectivity index (χ2n) is 4.68. The highest BCUT2D eigenvalue weighted by Gasteiger charge is 2.12. The summed E-state index contributed by atoms with van der Waals surface area (Å²) < 4.78 is 12.8. The maximum atomic E-state index is 5.34. The lowest BCUT2D eigenvalue weighted by atomic mass is 10.2. The van der Waals surface area contributed by atoms with E-state index in [2.05, 4.69) is 36.5 Å². The first kappa shape index (κ1) is 11.8. The Balaban J connectivity index is 1.88. The summed E-state index contributed by atoms with van der Waals surface area (Å²) in [5.74, 6) is 1.54. The Hall–Kier alpha value is -2.23. The lowest BCUT2D eigenvalue weighted by Crippen LogP contribution is -1.93. The highest BCUT2D eigenvalue weighted by molar-refractivity contribution is 5.84. The van der Waals surface area contributed by atoms with Crippen LogP contribution in [0.15, 0.2) is 29.3 Å². The largest absolute Gasteiger partial charge is 0.454 e. The molecule has 19 heavy (non-hydrogen) atoms. The number of nitrogens with zero attached hydrogens (tertiary/aromatic N) is 2. The summed E-state index contributed by atoms with van der Waals surface area (Å²) in [6.45, 7) is 4.47. The van der Waals surface area contributed by atoms with Gasteiger partial charge < -0.3 is 14.0 Å². The first-order valence-corrected chi connectivity index (χ1v) is 6.22. The summed E-state index contributed by atoms with van der Waals surface area (Å²) >= 11 is 0. The van der Waals surface area contributed by atoms with Crippen molar-refractivity contribution in [2.75, 3.05) is 6.79 Å². The molecule has 98 valence electrons. The van der Waals surface area contributed by atoms with Crippen LogP contribution in [0.4, 0.5) is 5.69 Å². The number of aryl methyl sites for hydroxylation is 1. The molecule has 2 heterocycles. The molecule has 0 saturated carbocycles. The third-order valence-corrected chi connectivity index (χ3v) is 3.52. The van der Waals surface area contributed by atoms with Crippen LogP contribution in [0.3, 0.4) is 0 Å². The summed E-state index contributed by atoms with van der Waals surface area (Å²) in [6.07, 6.45) is 1.89. The number of benzene rings is 1. The molecule has 0 spiro atoms. The molecule has 0 saturated heterocycles. The van der Waals surface area contributed by atoms with Gasteiger partial charge in [-0.25, -0.2) is 0 Å². The maximum absolute atomic E-state index is 5.34. The Kier molecular flexibility index (Phi) is 2.78. The number of fused-ring (bicyclic) bond motifs is 1. The number of rotatable bonds is 2. The number of hydrogen-bond acceptors (Lipinski definition) is 3. The monoisotopic (exact) mass is 256 g/mol. The molecule has 1 aliphatic rings. The standard InChI is InChI=1S/C15H16N2O2/c1-10-6-12(11(2)17(10)3)8-16-13-4-5-14-15(7-13)19-9-18-14/h4-8H,9H2,1-3H3. The van der Waals surface area contributed by atoms with E-state index in [4.69, 9.17) is 9.47 Å². The Morgan fingerprint density at radius 3 is 2.68 bits per heavy atom. The maximum Gasteiger partial charge on any atom is 0.231 e. The third kappa shape index (κ3) is 2.10. The van der Waals surface area contributed by atoms with Crippen LogP contribution < -0.4 is 9.47 Å². The Morgan fingerprint density at radius 2 is 1.95 bits per heavy atom. The Bertz CT molecular complexity index is 656. The van der Waals surface area contributed by atoms with E-state index < -0.39 is 0 Å². The quantitative estimate of drug-likeness (QED) is 0.774. The van der Waals surface area contributed by atoms with Crippen LogP contribution in [-0.2, 0) is 7.05 Å². The molecule has 2 aromatic rings. The molecule has 0 unspecified atom stereocenters. The van der Waals surface area contributed by atoms with Gasteiger partial charge in [-0.3, -0.25) is 4.99 Å². The van der Waals surface area contributed by atoms with Crippen molar-refractivity contribution < 1.29 is 9.47 Å². The smallest absolute Gasteiger partial charge is 0.231 e. The van der Waals surface area contributed by atoms with E-state index >= 15 is 0 Å². The fraction of sp³-hybridized carbons (Fsp3) is 0.267. The van der Waals surface area contributed by atoms with Gasteiger partial charge in [-0.1, -0.05) is 0 Å². The van der Waals surface area contributed by atoms with E-state index in [0.717, 1.165) is 22.7 Å². The molecule has 1 aliphatic heterocycles. The summed E-state index contributed by atoms with van der Waals surface area (Å²) in [4.78, 5) is 4.50. The van der Waals surface area contributed by atoms with Crippen LogP contribution in [-0.4, -0.2) is 17.6 Å². The molecule has 0 atom stereocenters. The van der Waals surface area contributed by atoms with Gasteiger partial charge >= 0.3 is 0 Å². The predicted molar refractivity (Wildman–Crippen MR) is 74.7 cm³/mol. The molecular weight excluding hydrogens is 240 g/mol. The summed E-state index contributed by atoms with van der Waals surface area (Å²) in [5.41, 5.74) is 4.44. The molecule has 0 aliphatic carbocycles. The molecule has 1 aromatic carbocycles. The Labute approximate surface area is 112 Å². The van der Waals surface area contributed by atoms with E-state index in [-0.39, 0.29) is 0 Å². The topological polar surface area (TPSA) is 35.8 Å². The zero-order chi connectivity index (χ0) is 13.4. The predicted octanol–water partition coefficient (Wildman–Crippen LogP) is 3.12. The van der Waals surface area contributed by atoms with Crippen molar-refractivity contribution in [1.29, 1.82) is 0 Å². The van der Waals surface area contributed by atoms with Crippen molar-refractivity contribution >= 4 is 11.9 Å². The van der Waals surface area contributed by atoms with Crippen LogP contribution in [0.25, 0.3) is 0 Å².